The Morgan fingerprint density at radius 3 is 2.68 bits per heavy atom. The van der Waals surface area contributed by atoms with Gasteiger partial charge >= 0.3 is 0 Å². The van der Waals surface area contributed by atoms with Crippen LogP contribution >= 0.6 is 27.3 Å². The van der Waals surface area contributed by atoms with Gasteiger partial charge in [0.1, 0.15) is 0 Å². The average molecular weight is 337 g/mol. The molecule has 1 heterocycles. The fourth-order valence-corrected chi connectivity index (χ4v) is 4.43. The van der Waals surface area contributed by atoms with Gasteiger partial charge in [0.15, 0.2) is 0 Å². The molecule has 1 fully saturated rings. The second-order valence-electron chi connectivity index (χ2n) is 5.17. The summed E-state index contributed by atoms with van der Waals surface area (Å²) in [5, 5.41) is 0. The van der Waals surface area contributed by atoms with E-state index in [9.17, 15) is 0 Å². The number of thiophene rings is 1. The van der Waals surface area contributed by atoms with Crippen LogP contribution in [0.5, 0.6) is 0 Å². The smallest absolute Gasteiger partial charge is 0.0731 e. The van der Waals surface area contributed by atoms with E-state index in [1.807, 2.05) is 0 Å². The highest BCUT2D eigenvalue weighted by Crippen LogP contribution is 2.54. The van der Waals surface area contributed by atoms with E-state index >= 15 is 0 Å². The Hall–Kier alpha value is -0.680. The summed E-state index contributed by atoms with van der Waals surface area (Å²) < 4.78 is 1.21. The maximum absolute atomic E-state index is 5.79. The number of aryl methyl sites for hydroxylation is 1. The molecule has 1 aromatic heterocycles. The molecule has 2 aromatic rings. The molecule has 3 rings (SSSR count). The minimum absolute atomic E-state index is 0.264. The van der Waals surface area contributed by atoms with Gasteiger partial charge in [-0.15, -0.1) is 11.3 Å². The average Bonchev–Trinajstić information content (AvgIpc) is 3.13. The lowest BCUT2D eigenvalue weighted by molar-refractivity contribution is 0.495. The van der Waals surface area contributed by atoms with Crippen molar-refractivity contribution in [2.45, 2.75) is 25.3 Å². The molecule has 1 saturated carbocycles. The lowest BCUT2D eigenvalue weighted by atomic mass is 10.0. The molecule has 1 aliphatic rings. The van der Waals surface area contributed by atoms with Gasteiger partial charge in [-0.2, -0.15) is 0 Å². The zero-order valence-electron chi connectivity index (χ0n) is 10.8. The number of nitrogens with one attached hydrogen (secondary N) is 1. The molecule has 3 unspecified atom stereocenters. The maximum atomic E-state index is 5.79. The molecule has 0 bridgehead atoms. The van der Waals surface area contributed by atoms with Crippen LogP contribution in [0.15, 0.2) is 40.2 Å². The van der Waals surface area contributed by atoms with E-state index in [2.05, 4.69) is 64.7 Å². The highest BCUT2D eigenvalue weighted by Gasteiger charge is 2.44. The van der Waals surface area contributed by atoms with Crippen LogP contribution in [-0.4, -0.2) is 0 Å². The molecule has 0 spiro atoms. The van der Waals surface area contributed by atoms with E-state index in [1.54, 1.807) is 11.3 Å². The minimum atomic E-state index is 0.264. The topological polar surface area (TPSA) is 38.0 Å². The summed E-state index contributed by atoms with van der Waals surface area (Å²) in [7, 11) is 0. The van der Waals surface area contributed by atoms with Gasteiger partial charge in [0, 0.05) is 4.88 Å². The van der Waals surface area contributed by atoms with Gasteiger partial charge in [-0.05, 0) is 58.3 Å². The largest absolute Gasteiger partial charge is 0.271 e. The van der Waals surface area contributed by atoms with Gasteiger partial charge in [0.2, 0.25) is 0 Å². The molecule has 1 aliphatic carbocycles. The molecule has 3 atom stereocenters. The Morgan fingerprint density at radius 2 is 2.11 bits per heavy atom. The molecule has 4 heteroatoms. The van der Waals surface area contributed by atoms with Crippen LogP contribution in [0.3, 0.4) is 0 Å². The van der Waals surface area contributed by atoms with Crippen molar-refractivity contribution < 1.29 is 0 Å². The fraction of sp³-hybridized carbons (Fsp3) is 0.333. The van der Waals surface area contributed by atoms with Gasteiger partial charge in [-0.25, -0.2) is 0 Å². The molecular weight excluding hydrogens is 320 g/mol. The first-order chi connectivity index (χ1) is 9.20. The second kappa shape index (κ2) is 5.37. The van der Waals surface area contributed by atoms with Crippen LogP contribution < -0.4 is 11.3 Å². The van der Waals surface area contributed by atoms with E-state index < -0.39 is 0 Å². The highest BCUT2D eigenvalue weighted by molar-refractivity contribution is 9.11. The van der Waals surface area contributed by atoms with Crippen molar-refractivity contribution in [1.29, 1.82) is 0 Å². The zero-order valence-corrected chi connectivity index (χ0v) is 13.2. The van der Waals surface area contributed by atoms with Gasteiger partial charge < -0.3 is 0 Å². The van der Waals surface area contributed by atoms with Crippen LogP contribution in [0.4, 0.5) is 0 Å². The summed E-state index contributed by atoms with van der Waals surface area (Å²) in [6, 6.07) is 13.2. The molecule has 3 N–H and O–H groups in total. The van der Waals surface area contributed by atoms with E-state index in [1.165, 1.54) is 26.2 Å². The van der Waals surface area contributed by atoms with Crippen molar-refractivity contribution in [2.75, 3.05) is 0 Å². The van der Waals surface area contributed by atoms with E-state index in [0.29, 0.717) is 11.8 Å². The van der Waals surface area contributed by atoms with Gasteiger partial charge in [-0.1, -0.05) is 30.3 Å². The van der Waals surface area contributed by atoms with Crippen LogP contribution in [0.1, 0.15) is 34.4 Å². The molecule has 0 saturated heterocycles. The van der Waals surface area contributed by atoms with Gasteiger partial charge in [0.25, 0.3) is 0 Å². The Labute approximate surface area is 126 Å². The lowest BCUT2D eigenvalue weighted by Crippen LogP contribution is -2.29. The molecule has 0 amide bonds. The minimum Gasteiger partial charge on any atom is -0.271 e. The number of rotatable bonds is 4. The summed E-state index contributed by atoms with van der Waals surface area (Å²) >= 11 is 5.38. The predicted octanol–water partition coefficient (Wildman–Crippen LogP) is 4.13. The number of hydrogen-bond acceptors (Lipinski definition) is 3. The molecule has 19 heavy (non-hydrogen) atoms. The molecule has 2 nitrogen and oxygen atoms in total. The first-order valence-corrected chi connectivity index (χ1v) is 8.08. The van der Waals surface area contributed by atoms with Crippen LogP contribution in [-0.2, 0) is 0 Å². The lowest BCUT2D eigenvalue weighted by Gasteiger charge is -2.14. The summed E-state index contributed by atoms with van der Waals surface area (Å²) in [4.78, 5) is 1.33. The number of hydrazine groups is 1. The van der Waals surface area contributed by atoms with E-state index in [-0.39, 0.29) is 6.04 Å². The monoisotopic (exact) mass is 336 g/mol. The van der Waals surface area contributed by atoms with E-state index in [0.717, 1.165) is 0 Å². The normalized spacial score (nSPS) is 23.3. The van der Waals surface area contributed by atoms with Crippen LogP contribution in [0.25, 0.3) is 0 Å². The fourth-order valence-electron chi connectivity index (χ4n) is 2.72. The predicted molar refractivity (Wildman–Crippen MR) is 84.1 cm³/mol. The van der Waals surface area contributed by atoms with Crippen LogP contribution in [0, 0.1) is 12.8 Å². The van der Waals surface area contributed by atoms with Gasteiger partial charge in [-0.3, -0.25) is 11.3 Å². The standard InChI is InChI=1S/C15H17BrN2S/c1-9-7-13(19-15(9)16)14(18-17)12-8-11(12)10-5-3-2-4-6-10/h2-7,11-12,14,18H,8,17H2,1H3. The number of hydrogen-bond donors (Lipinski definition) is 2. The third-order valence-corrected chi connectivity index (χ3v) is 6.08. The summed E-state index contributed by atoms with van der Waals surface area (Å²) in [5.41, 5.74) is 5.73. The zero-order chi connectivity index (χ0) is 13.4. The van der Waals surface area contributed by atoms with Crippen molar-refractivity contribution in [1.82, 2.24) is 5.43 Å². The SMILES string of the molecule is Cc1cc(C(NN)C2CC2c2ccccc2)sc1Br. The van der Waals surface area contributed by atoms with Crippen molar-refractivity contribution in [3.63, 3.8) is 0 Å². The van der Waals surface area contributed by atoms with Crippen molar-refractivity contribution in [3.05, 3.63) is 56.2 Å². The Balaban J connectivity index is 1.78. The number of nitrogens with two attached hydrogens (primary N) is 1. The highest BCUT2D eigenvalue weighted by atomic mass is 79.9. The summed E-state index contributed by atoms with van der Waals surface area (Å²) in [6.45, 7) is 2.12. The summed E-state index contributed by atoms with van der Waals surface area (Å²) in [6.07, 6.45) is 1.22. The first kappa shape index (κ1) is 13.3. The number of benzene rings is 1. The molecule has 100 valence electrons. The van der Waals surface area contributed by atoms with Crippen molar-refractivity contribution >= 4 is 27.3 Å². The molecular formula is C15H17BrN2S. The first-order valence-electron chi connectivity index (χ1n) is 6.47. The Kier molecular flexibility index (Phi) is 3.76. The maximum Gasteiger partial charge on any atom is 0.0731 e. The number of halogens is 1. The van der Waals surface area contributed by atoms with Crippen LogP contribution in [0.2, 0.25) is 0 Å². The molecule has 1 aromatic carbocycles. The quantitative estimate of drug-likeness (QED) is 0.650. The Bertz CT molecular complexity index is 547. The third kappa shape index (κ3) is 2.63. The molecule has 0 radical (unpaired) electrons. The summed E-state index contributed by atoms with van der Waals surface area (Å²) in [5.74, 6) is 7.04. The second-order valence-corrected chi connectivity index (χ2v) is 7.57. The third-order valence-electron chi connectivity index (χ3n) is 3.86. The van der Waals surface area contributed by atoms with Gasteiger partial charge in [0.05, 0.1) is 9.83 Å². The molecule has 0 aliphatic heterocycles. The van der Waals surface area contributed by atoms with Crippen molar-refractivity contribution in [2.24, 2.45) is 11.8 Å². The Morgan fingerprint density at radius 1 is 1.37 bits per heavy atom. The van der Waals surface area contributed by atoms with Crippen molar-refractivity contribution in [3.8, 4) is 0 Å². The van der Waals surface area contributed by atoms with E-state index in [4.69, 9.17) is 5.84 Å².